The predicted octanol–water partition coefficient (Wildman–Crippen LogP) is -8.38. The van der Waals surface area contributed by atoms with Gasteiger partial charge in [-0.15, -0.1) is 0 Å². The summed E-state index contributed by atoms with van der Waals surface area (Å²) in [5.41, 5.74) is -2.65. The molecule has 4 saturated heterocycles. The van der Waals surface area contributed by atoms with Crippen LogP contribution in [0, 0.1) is 0 Å². The summed E-state index contributed by atoms with van der Waals surface area (Å²) in [6.45, 7) is -3.06. The zero-order chi connectivity index (χ0) is 34.0. The molecule has 0 amide bonds. The van der Waals surface area contributed by atoms with Crippen LogP contribution in [0.15, 0.2) is 0 Å². The molecule has 4 heterocycles. The van der Waals surface area contributed by atoms with Crippen LogP contribution in [-0.2, 0) is 28.4 Å². The van der Waals surface area contributed by atoms with Gasteiger partial charge in [-0.25, -0.2) is 0 Å². The van der Waals surface area contributed by atoms with Gasteiger partial charge in [0.2, 0.25) is 0 Å². The molecule has 20 atom stereocenters. The fourth-order valence-corrected chi connectivity index (χ4v) is 8.14. The quantitative estimate of drug-likeness (QED) is 0.0883. The summed E-state index contributed by atoms with van der Waals surface area (Å²) in [4.78, 5) is 0. The van der Waals surface area contributed by atoms with Crippen molar-refractivity contribution in [2.45, 2.75) is 121 Å². The molecule has 4 aliphatic rings. The Morgan fingerprint density at radius 3 is 1.00 bits per heavy atom. The first-order chi connectivity index (χ1) is 21.8. The highest BCUT2D eigenvalue weighted by atomic mass is 33.1. The molecule has 0 unspecified atom stereocenters. The van der Waals surface area contributed by atoms with Crippen LogP contribution in [0.5, 0.6) is 0 Å². The lowest BCUT2D eigenvalue weighted by molar-refractivity contribution is -0.338. The number of aliphatic hydroxyl groups is 14. The van der Waals surface area contributed by atoms with Crippen LogP contribution in [0.4, 0.5) is 0 Å². The standard InChI is InChI=1S/C24H42O20S2/c25-1-5-9(29)11(31)15(35)21(39-5)43-19-7(3-27)41-23(17(37)13(19)33)45-46-24-18(38)14(34)20(8(4-28)42-24)44-22-16(36)12(32)10(30)6(2-26)40-22/h5-38H,1-4H2/t5-,6-,7-,8-,9-,10-,11+,12+,13-,14-,15-,16-,17-,18-,19-,20-,21+,22+,23+,24+/m1/s1. The van der Waals surface area contributed by atoms with Gasteiger partial charge in [0.05, 0.1) is 26.4 Å². The molecule has 0 radical (unpaired) electrons. The average molecular weight is 715 g/mol. The second-order valence-electron chi connectivity index (χ2n) is 11.2. The maximum absolute atomic E-state index is 10.8. The molecular formula is C24H42O20S2. The van der Waals surface area contributed by atoms with Gasteiger partial charge in [-0.05, 0) is 0 Å². The van der Waals surface area contributed by atoms with Crippen molar-refractivity contribution < 1.29 is 99.9 Å². The SMILES string of the molecule is OC[C@H]1O[C@@H](O[C@H]2[C@H](O)[C@@H](O)[C@H](SS[C@@H]3O[C@H](CO)[C@@H](O[C@@H]4O[C@H](CO)[C@@H](O)[C@H](O)[C@H]4O)[C@H](O)[C@H]3O)O[C@@H]2CO)[C@H](O)[C@@H](O)[C@@H]1O. The molecular weight excluding hydrogens is 672 g/mol. The highest BCUT2D eigenvalue weighted by Crippen LogP contribution is 2.43. The molecule has 270 valence electrons. The second-order valence-corrected chi connectivity index (χ2v) is 13.7. The first-order valence-corrected chi connectivity index (χ1v) is 16.6. The van der Waals surface area contributed by atoms with E-state index in [1.165, 1.54) is 0 Å². The van der Waals surface area contributed by atoms with Gasteiger partial charge in [0.1, 0.15) is 109 Å². The van der Waals surface area contributed by atoms with E-state index in [9.17, 15) is 71.5 Å². The van der Waals surface area contributed by atoms with Gasteiger partial charge < -0.3 is 99.9 Å². The first kappa shape index (κ1) is 38.7. The van der Waals surface area contributed by atoms with Crippen molar-refractivity contribution in [2.24, 2.45) is 0 Å². The van der Waals surface area contributed by atoms with Gasteiger partial charge in [0.25, 0.3) is 0 Å². The van der Waals surface area contributed by atoms with E-state index in [4.69, 9.17) is 28.4 Å². The van der Waals surface area contributed by atoms with Crippen LogP contribution in [0.1, 0.15) is 0 Å². The van der Waals surface area contributed by atoms with E-state index in [1.807, 2.05) is 0 Å². The molecule has 0 aromatic heterocycles. The lowest BCUT2D eigenvalue weighted by atomic mass is 9.97. The Balaban J connectivity index is 1.36. The Bertz CT molecular complexity index is 864. The maximum Gasteiger partial charge on any atom is 0.187 e. The summed E-state index contributed by atoms with van der Waals surface area (Å²) >= 11 is 0. The van der Waals surface area contributed by atoms with Crippen molar-refractivity contribution in [3.8, 4) is 0 Å². The van der Waals surface area contributed by atoms with Crippen LogP contribution in [0.3, 0.4) is 0 Å². The summed E-state index contributed by atoms with van der Waals surface area (Å²) < 4.78 is 32.9. The van der Waals surface area contributed by atoms with Gasteiger partial charge in [-0.1, -0.05) is 21.6 Å². The molecule has 0 aromatic carbocycles. The first-order valence-electron chi connectivity index (χ1n) is 14.3. The normalized spacial score (nSPS) is 52.0. The van der Waals surface area contributed by atoms with Crippen LogP contribution < -0.4 is 0 Å². The molecule has 0 bridgehead atoms. The van der Waals surface area contributed by atoms with Crippen molar-refractivity contribution in [1.29, 1.82) is 0 Å². The van der Waals surface area contributed by atoms with Crippen LogP contribution in [0.25, 0.3) is 0 Å². The van der Waals surface area contributed by atoms with Crippen molar-refractivity contribution in [1.82, 2.24) is 0 Å². The average Bonchev–Trinajstić information content (AvgIpc) is 3.05. The Kier molecular flexibility index (Phi) is 14.1. The second kappa shape index (κ2) is 16.7. The fourth-order valence-electron chi connectivity index (χ4n) is 5.38. The minimum atomic E-state index is -1.84. The molecule has 0 spiro atoms. The van der Waals surface area contributed by atoms with E-state index in [0.29, 0.717) is 21.6 Å². The number of rotatable bonds is 11. The van der Waals surface area contributed by atoms with Crippen LogP contribution >= 0.6 is 21.6 Å². The van der Waals surface area contributed by atoms with E-state index < -0.39 is 148 Å². The number of ether oxygens (including phenoxy) is 6. The summed E-state index contributed by atoms with van der Waals surface area (Å²) in [5.74, 6) is 0. The zero-order valence-electron chi connectivity index (χ0n) is 23.9. The monoisotopic (exact) mass is 714 g/mol. The Morgan fingerprint density at radius 1 is 0.370 bits per heavy atom. The van der Waals surface area contributed by atoms with Crippen molar-refractivity contribution in [2.75, 3.05) is 26.4 Å². The van der Waals surface area contributed by atoms with E-state index >= 15 is 0 Å². The molecule has 14 N–H and O–H groups in total. The van der Waals surface area contributed by atoms with Gasteiger partial charge >= 0.3 is 0 Å². The minimum absolute atomic E-state index is 0.707. The summed E-state index contributed by atoms with van der Waals surface area (Å²) in [6, 6.07) is 0. The minimum Gasteiger partial charge on any atom is -0.394 e. The van der Waals surface area contributed by atoms with Gasteiger partial charge in [-0.3, -0.25) is 0 Å². The van der Waals surface area contributed by atoms with E-state index in [2.05, 4.69) is 0 Å². The van der Waals surface area contributed by atoms with E-state index in [1.54, 1.807) is 0 Å². The highest BCUT2D eigenvalue weighted by molar-refractivity contribution is 8.77. The van der Waals surface area contributed by atoms with Crippen molar-refractivity contribution >= 4 is 21.6 Å². The molecule has 0 saturated carbocycles. The molecule has 4 aliphatic heterocycles. The third-order valence-electron chi connectivity index (χ3n) is 8.17. The summed E-state index contributed by atoms with van der Waals surface area (Å²) in [7, 11) is 1.41. The molecule has 46 heavy (non-hydrogen) atoms. The number of hydrogen-bond donors (Lipinski definition) is 14. The van der Waals surface area contributed by atoms with Crippen molar-refractivity contribution in [3.05, 3.63) is 0 Å². The van der Waals surface area contributed by atoms with E-state index in [0.717, 1.165) is 0 Å². The maximum atomic E-state index is 10.8. The number of hydrogen-bond acceptors (Lipinski definition) is 22. The Hall–Kier alpha value is -0.100. The molecule has 4 fully saturated rings. The third-order valence-corrected chi connectivity index (χ3v) is 10.9. The Morgan fingerprint density at radius 2 is 0.696 bits per heavy atom. The fraction of sp³-hybridized carbons (Fsp3) is 1.00. The van der Waals surface area contributed by atoms with Crippen LogP contribution in [-0.4, -0.2) is 219 Å². The third kappa shape index (κ3) is 7.94. The highest BCUT2D eigenvalue weighted by Gasteiger charge is 2.53. The predicted molar refractivity (Wildman–Crippen MR) is 148 cm³/mol. The van der Waals surface area contributed by atoms with Crippen LogP contribution in [0.2, 0.25) is 0 Å². The van der Waals surface area contributed by atoms with Gasteiger partial charge in [0, 0.05) is 0 Å². The smallest absolute Gasteiger partial charge is 0.187 e. The van der Waals surface area contributed by atoms with Crippen molar-refractivity contribution in [3.63, 3.8) is 0 Å². The lowest BCUT2D eigenvalue weighted by Crippen LogP contribution is -2.64. The van der Waals surface area contributed by atoms with Gasteiger partial charge in [-0.2, -0.15) is 0 Å². The number of aliphatic hydroxyl groups excluding tert-OH is 14. The Labute approximate surface area is 269 Å². The van der Waals surface area contributed by atoms with Gasteiger partial charge in [0.15, 0.2) is 12.6 Å². The summed E-state index contributed by atoms with van der Waals surface area (Å²) in [6.07, 6.45) is -29.6. The molecule has 20 nitrogen and oxygen atoms in total. The lowest BCUT2D eigenvalue weighted by Gasteiger charge is -2.47. The van der Waals surface area contributed by atoms with E-state index in [-0.39, 0.29) is 0 Å². The molecule has 22 heteroatoms. The molecule has 4 rings (SSSR count). The molecule has 0 aromatic rings. The topological polar surface area (TPSA) is 339 Å². The molecule has 0 aliphatic carbocycles. The largest absolute Gasteiger partial charge is 0.394 e. The zero-order valence-corrected chi connectivity index (χ0v) is 25.5. The summed E-state index contributed by atoms with van der Waals surface area (Å²) in [5, 5.41) is 142.